The lowest BCUT2D eigenvalue weighted by atomic mass is 10.1. The minimum atomic E-state index is 1.20. The summed E-state index contributed by atoms with van der Waals surface area (Å²) < 4.78 is 0. The first-order valence-corrected chi connectivity index (χ1v) is 5.66. The Bertz CT molecular complexity index is 618. The highest BCUT2D eigenvalue weighted by Crippen LogP contribution is 2.09. The van der Waals surface area contributed by atoms with Gasteiger partial charge < -0.3 is 5.32 Å². The SMILES string of the molecule is C1=CC(=c2ccc(=C3C=C[N-]C=C3)cc2)C=C1. The molecular formula is C16H12N-. The van der Waals surface area contributed by atoms with Gasteiger partial charge in [0, 0.05) is 0 Å². The summed E-state index contributed by atoms with van der Waals surface area (Å²) in [7, 11) is 0. The Labute approximate surface area is 100 Å². The first kappa shape index (κ1) is 9.91. The number of rotatable bonds is 0. The minimum Gasteiger partial charge on any atom is -0.670 e. The zero-order chi connectivity index (χ0) is 11.5. The average molecular weight is 218 g/mol. The monoisotopic (exact) mass is 218 g/mol. The molecule has 0 aromatic heterocycles. The molecule has 0 bridgehead atoms. The highest BCUT2D eigenvalue weighted by atomic mass is 14.8. The molecule has 1 heteroatoms. The number of hydrogen-bond donors (Lipinski definition) is 0. The quantitative estimate of drug-likeness (QED) is 0.635. The second-order valence-corrected chi connectivity index (χ2v) is 3.99. The van der Waals surface area contributed by atoms with Crippen LogP contribution in [-0.4, -0.2) is 0 Å². The van der Waals surface area contributed by atoms with Gasteiger partial charge in [-0.2, -0.15) is 12.4 Å². The van der Waals surface area contributed by atoms with Crippen LogP contribution in [0.5, 0.6) is 0 Å². The van der Waals surface area contributed by atoms with E-state index in [1.165, 1.54) is 21.6 Å². The van der Waals surface area contributed by atoms with Gasteiger partial charge in [-0.05, 0) is 21.6 Å². The van der Waals surface area contributed by atoms with Crippen molar-refractivity contribution in [1.29, 1.82) is 0 Å². The molecule has 0 unspecified atom stereocenters. The standard InChI is InChI=1S/C16H12N/c1-2-4-13(3-1)14-5-7-15(8-6-14)16-9-11-17-12-10-16/h1-12H/q-1. The number of nitrogens with zero attached hydrogens (tertiary/aromatic N) is 1. The minimum absolute atomic E-state index is 1.20. The van der Waals surface area contributed by atoms with E-state index in [0.717, 1.165) is 0 Å². The van der Waals surface area contributed by atoms with Gasteiger partial charge in [0.05, 0.1) is 0 Å². The van der Waals surface area contributed by atoms with Crippen molar-refractivity contribution in [2.45, 2.75) is 0 Å². The Hall–Kier alpha value is -2.28. The van der Waals surface area contributed by atoms with Crippen LogP contribution in [0.4, 0.5) is 0 Å². The van der Waals surface area contributed by atoms with Gasteiger partial charge in [-0.3, -0.25) is 0 Å². The first-order chi connectivity index (χ1) is 8.43. The molecule has 0 saturated heterocycles. The molecule has 0 spiro atoms. The van der Waals surface area contributed by atoms with Gasteiger partial charge >= 0.3 is 0 Å². The van der Waals surface area contributed by atoms with E-state index in [4.69, 9.17) is 0 Å². The van der Waals surface area contributed by atoms with Crippen molar-refractivity contribution in [3.05, 3.63) is 88.9 Å². The van der Waals surface area contributed by atoms with Crippen LogP contribution >= 0.6 is 0 Å². The summed E-state index contributed by atoms with van der Waals surface area (Å²) in [6, 6.07) is 8.62. The number of allylic oxidation sites excluding steroid dienone is 6. The second kappa shape index (κ2) is 4.30. The van der Waals surface area contributed by atoms with Gasteiger partial charge in [0.1, 0.15) is 0 Å². The van der Waals surface area contributed by atoms with Gasteiger partial charge in [0.15, 0.2) is 0 Å². The fraction of sp³-hybridized carbons (Fsp3) is 0. The lowest BCUT2D eigenvalue weighted by Crippen LogP contribution is -2.10. The van der Waals surface area contributed by atoms with Crippen LogP contribution in [0, 0.1) is 0 Å². The van der Waals surface area contributed by atoms with E-state index in [-0.39, 0.29) is 0 Å². The molecule has 1 aliphatic heterocycles. The normalized spacial score (nSPS) is 16.7. The van der Waals surface area contributed by atoms with Crippen molar-refractivity contribution in [3.8, 4) is 0 Å². The van der Waals surface area contributed by atoms with E-state index in [1.54, 1.807) is 0 Å². The Morgan fingerprint density at radius 1 is 0.588 bits per heavy atom. The van der Waals surface area contributed by atoms with Gasteiger partial charge in [0.2, 0.25) is 0 Å². The third-order valence-corrected chi connectivity index (χ3v) is 2.89. The van der Waals surface area contributed by atoms with Crippen LogP contribution in [0.3, 0.4) is 0 Å². The molecule has 0 atom stereocenters. The molecule has 17 heavy (non-hydrogen) atoms. The maximum atomic E-state index is 4.03. The van der Waals surface area contributed by atoms with Crippen LogP contribution in [0.15, 0.2) is 73.1 Å². The molecule has 2 aliphatic rings. The van der Waals surface area contributed by atoms with Gasteiger partial charge in [-0.15, -0.1) is 0 Å². The van der Waals surface area contributed by atoms with Gasteiger partial charge in [0.25, 0.3) is 0 Å². The van der Waals surface area contributed by atoms with E-state index < -0.39 is 0 Å². The highest BCUT2D eigenvalue weighted by molar-refractivity contribution is 5.72. The second-order valence-electron chi connectivity index (χ2n) is 3.99. The van der Waals surface area contributed by atoms with Gasteiger partial charge in [-0.1, -0.05) is 60.7 Å². The van der Waals surface area contributed by atoms with Crippen molar-refractivity contribution >= 4 is 11.1 Å². The van der Waals surface area contributed by atoms with E-state index in [1.807, 2.05) is 24.6 Å². The van der Waals surface area contributed by atoms with Crippen molar-refractivity contribution in [3.63, 3.8) is 0 Å². The summed E-state index contributed by atoms with van der Waals surface area (Å²) in [5.41, 5.74) is 2.47. The summed E-state index contributed by atoms with van der Waals surface area (Å²) in [5, 5.41) is 6.51. The van der Waals surface area contributed by atoms with Crippen molar-refractivity contribution in [1.82, 2.24) is 0 Å². The fourth-order valence-electron chi connectivity index (χ4n) is 1.97. The first-order valence-electron chi connectivity index (χ1n) is 5.66. The van der Waals surface area contributed by atoms with Crippen molar-refractivity contribution in [2.24, 2.45) is 0 Å². The fourth-order valence-corrected chi connectivity index (χ4v) is 1.97. The van der Waals surface area contributed by atoms with Crippen LogP contribution in [0.2, 0.25) is 0 Å². The summed E-state index contributed by atoms with van der Waals surface area (Å²) in [6.45, 7) is 0. The number of hydrogen-bond acceptors (Lipinski definition) is 0. The van der Waals surface area contributed by atoms with Crippen LogP contribution in [0.25, 0.3) is 16.5 Å². The van der Waals surface area contributed by atoms with E-state index in [0.29, 0.717) is 0 Å². The Balaban J connectivity index is 2.13. The third kappa shape index (κ3) is 2.00. The zero-order valence-corrected chi connectivity index (χ0v) is 9.38. The molecule has 1 aromatic carbocycles. The summed E-state index contributed by atoms with van der Waals surface area (Å²) in [6.07, 6.45) is 16.1. The summed E-state index contributed by atoms with van der Waals surface area (Å²) in [5.74, 6) is 0. The molecule has 0 radical (unpaired) electrons. The lowest BCUT2D eigenvalue weighted by molar-refractivity contribution is 1.51. The van der Waals surface area contributed by atoms with Crippen LogP contribution in [-0.2, 0) is 0 Å². The predicted octanol–water partition coefficient (Wildman–Crippen LogP) is 2.53. The maximum Gasteiger partial charge on any atom is -0.0184 e. The highest BCUT2D eigenvalue weighted by Gasteiger charge is 1.93. The summed E-state index contributed by atoms with van der Waals surface area (Å²) in [4.78, 5) is 0. The Kier molecular flexibility index (Phi) is 2.51. The lowest BCUT2D eigenvalue weighted by Gasteiger charge is -2.12. The largest absolute Gasteiger partial charge is 0.670 e. The molecular weight excluding hydrogens is 206 g/mol. The Morgan fingerprint density at radius 3 is 1.59 bits per heavy atom. The smallest absolute Gasteiger partial charge is 0.0184 e. The van der Waals surface area contributed by atoms with Crippen LogP contribution < -0.4 is 10.4 Å². The molecule has 3 rings (SSSR count). The molecule has 0 amide bonds. The molecule has 1 nitrogen and oxygen atoms in total. The molecule has 82 valence electrons. The Morgan fingerprint density at radius 2 is 1.06 bits per heavy atom. The van der Waals surface area contributed by atoms with E-state index in [2.05, 4.69) is 53.9 Å². The summed E-state index contributed by atoms with van der Waals surface area (Å²) >= 11 is 0. The average Bonchev–Trinajstić information content (AvgIpc) is 2.94. The molecule has 0 fully saturated rings. The van der Waals surface area contributed by atoms with Crippen molar-refractivity contribution < 1.29 is 0 Å². The third-order valence-electron chi connectivity index (χ3n) is 2.89. The predicted molar refractivity (Wildman–Crippen MR) is 72.4 cm³/mol. The maximum absolute atomic E-state index is 4.03. The van der Waals surface area contributed by atoms with Crippen molar-refractivity contribution in [2.75, 3.05) is 0 Å². The topological polar surface area (TPSA) is 14.1 Å². The zero-order valence-electron chi connectivity index (χ0n) is 9.38. The molecule has 0 saturated carbocycles. The van der Waals surface area contributed by atoms with Gasteiger partial charge in [-0.25, -0.2) is 0 Å². The molecule has 0 N–H and O–H groups in total. The van der Waals surface area contributed by atoms with E-state index in [9.17, 15) is 0 Å². The molecule has 1 aromatic rings. The van der Waals surface area contributed by atoms with Crippen LogP contribution in [0.1, 0.15) is 0 Å². The molecule has 1 aliphatic carbocycles. The number of benzene rings is 1. The molecule has 1 heterocycles. The van der Waals surface area contributed by atoms with E-state index >= 15 is 0 Å².